The van der Waals surface area contributed by atoms with Crippen LogP contribution in [0.3, 0.4) is 0 Å². The normalized spacial score (nSPS) is 26.4. The van der Waals surface area contributed by atoms with Gasteiger partial charge in [-0.2, -0.15) is 5.10 Å². The third-order valence-corrected chi connectivity index (χ3v) is 3.55. The predicted octanol–water partition coefficient (Wildman–Crippen LogP) is 2.12. The van der Waals surface area contributed by atoms with E-state index in [4.69, 9.17) is 4.74 Å². The highest BCUT2D eigenvalue weighted by molar-refractivity contribution is 5.26. The number of aryl methyl sites for hydroxylation is 1. The van der Waals surface area contributed by atoms with Crippen molar-refractivity contribution in [2.45, 2.75) is 65.4 Å². The predicted molar refractivity (Wildman–Crippen MR) is 65.9 cm³/mol. The lowest BCUT2D eigenvalue weighted by molar-refractivity contribution is 0.0432. The molecular weight excluding hydrogens is 216 g/mol. The first-order chi connectivity index (χ1) is 7.99. The van der Waals surface area contributed by atoms with E-state index in [1.54, 1.807) is 6.92 Å². The molecule has 96 valence electrons. The van der Waals surface area contributed by atoms with E-state index in [2.05, 4.69) is 12.0 Å². The van der Waals surface area contributed by atoms with Crippen molar-refractivity contribution in [2.75, 3.05) is 0 Å². The largest absolute Gasteiger partial charge is 0.389 e. The van der Waals surface area contributed by atoms with Crippen LogP contribution < -0.4 is 0 Å². The Bertz CT molecular complexity index is 398. The van der Waals surface area contributed by atoms with E-state index >= 15 is 0 Å². The Morgan fingerprint density at radius 3 is 2.65 bits per heavy atom. The third kappa shape index (κ3) is 2.53. The van der Waals surface area contributed by atoms with Crippen molar-refractivity contribution in [2.24, 2.45) is 0 Å². The molecule has 1 aromatic heterocycles. The average Bonchev–Trinajstić information content (AvgIpc) is 2.73. The van der Waals surface area contributed by atoms with E-state index < -0.39 is 6.10 Å². The van der Waals surface area contributed by atoms with Gasteiger partial charge in [-0.25, -0.2) is 0 Å². The molecule has 0 aliphatic carbocycles. The lowest BCUT2D eigenvalue weighted by Gasteiger charge is -2.13. The Labute approximate surface area is 103 Å². The molecule has 0 bridgehead atoms. The summed E-state index contributed by atoms with van der Waals surface area (Å²) in [6.07, 6.45) is 2.42. The highest BCUT2D eigenvalue weighted by atomic mass is 16.5. The molecule has 2 heterocycles. The summed E-state index contributed by atoms with van der Waals surface area (Å²) in [5, 5.41) is 14.2. The Hall–Kier alpha value is -0.870. The first kappa shape index (κ1) is 12.6. The van der Waals surface area contributed by atoms with Crippen LogP contribution in [0.4, 0.5) is 0 Å². The van der Waals surface area contributed by atoms with Gasteiger partial charge in [0, 0.05) is 11.3 Å². The lowest BCUT2D eigenvalue weighted by atomic mass is 10.1. The van der Waals surface area contributed by atoms with Gasteiger partial charge < -0.3 is 9.84 Å². The van der Waals surface area contributed by atoms with Crippen LogP contribution in [-0.4, -0.2) is 27.1 Å². The summed E-state index contributed by atoms with van der Waals surface area (Å²) in [4.78, 5) is 0. The number of nitrogens with zero attached hydrogens (tertiary/aromatic N) is 2. The van der Waals surface area contributed by atoms with Gasteiger partial charge in [0.15, 0.2) is 0 Å². The molecule has 17 heavy (non-hydrogen) atoms. The van der Waals surface area contributed by atoms with Crippen molar-refractivity contribution in [3.8, 4) is 0 Å². The molecule has 0 saturated carbocycles. The SMILES string of the molecule is Cc1nn(CC2CCC(C)O2)c(C)c1C(C)O. The molecule has 3 unspecified atom stereocenters. The summed E-state index contributed by atoms with van der Waals surface area (Å²) in [6, 6.07) is 0. The molecule has 1 aliphatic rings. The van der Waals surface area contributed by atoms with E-state index in [9.17, 15) is 5.11 Å². The highest BCUT2D eigenvalue weighted by Gasteiger charge is 2.24. The maximum Gasteiger partial charge on any atom is 0.0797 e. The van der Waals surface area contributed by atoms with Gasteiger partial charge in [-0.15, -0.1) is 0 Å². The van der Waals surface area contributed by atoms with Crippen LogP contribution in [0.15, 0.2) is 0 Å². The monoisotopic (exact) mass is 238 g/mol. The highest BCUT2D eigenvalue weighted by Crippen LogP contribution is 2.24. The molecule has 1 fully saturated rings. The molecule has 2 rings (SSSR count). The topological polar surface area (TPSA) is 47.3 Å². The van der Waals surface area contributed by atoms with Crippen molar-refractivity contribution in [1.82, 2.24) is 9.78 Å². The maximum absolute atomic E-state index is 9.72. The van der Waals surface area contributed by atoms with Gasteiger partial charge in [-0.05, 0) is 40.5 Å². The van der Waals surface area contributed by atoms with E-state index in [0.717, 1.165) is 36.3 Å². The Morgan fingerprint density at radius 2 is 2.18 bits per heavy atom. The van der Waals surface area contributed by atoms with E-state index in [-0.39, 0.29) is 6.10 Å². The second kappa shape index (κ2) is 4.78. The molecule has 4 nitrogen and oxygen atoms in total. The molecule has 0 aromatic carbocycles. The molecule has 1 aliphatic heterocycles. The standard InChI is InChI=1S/C13H22N2O2/c1-8-5-6-12(17-8)7-15-10(3)13(11(4)16)9(2)14-15/h8,11-12,16H,5-7H2,1-4H3. The lowest BCUT2D eigenvalue weighted by Crippen LogP contribution is -2.18. The van der Waals surface area contributed by atoms with Crippen LogP contribution in [-0.2, 0) is 11.3 Å². The van der Waals surface area contributed by atoms with Gasteiger partial charge in [0.1, 0.15) is 0 Å². The zero-order chi connectivity index (χ0) is 12.6. The Morgan fingerprint density at radius 1 is 1.47 bits per heavy atom. The van der Waals surface area contributed by atoms with Crippen LogP contribution in [0.2, 0.25) is 0 Å². The summed E-state index contributed by atoms with van der Waals surface area (Å²) in [5.74, 6) is 0. The first-order valence-electron chi connectivity index (χ1n) is 6.36. The zero-order valence-corrected chi connectivity index (χ0v) is 11.1. The third-order valence-electron chi connectivity index (χ3n) is 3.55. The number of rotatable bonds is 3. The average molecular weight is 238 g/mol. The van der Waals surface area contributed by atoms with Gasteiger partial charge in [-0.1, -0.05) is 0 Å². The molecule has 3 atom stereocenters. The van der Waals surface area contributed by atoms with Crippen LogP contribution in [0, 0.1) is 13.8 Å². The van der Waals surface area contributed by atoms with E-state index in [1.165, 1.54) is 0 Å². The van der Waals surface area contributed by atoms with E-state index in [1.807, 2.05) is 18.5 Å². The minimum atomic E-state index is -0.452. The molecule has 0 radical (unpaired) electrons. The zero-order valence-electron chi connectivity index (χ0n) is 11.1. The van der Waals surface area contributed by atoms with Gasteiger partial charge in [0.2, 0.25) is 0 Å². The molecule has 1 saturated heterocycles. The minimum absolute atomic E-state index is 0.268. The number of ether oxygens (including phenoxy) is 1. The van der Waals surface area contributed by atoms with Crippen molar-refractivity contribution < 1.29 is 9.84 Å². The Kier molecular flexibility index (Phi) is 3.54. The summed E-state index contributed by atoms with van der Waals surface area (Å²) < 4.78 is 7.78. The van der Waals surface area contributed by atoms with Crippen molar-refractivity contribution >= 4 is 0 Å². The molecule has 1 N–H and O–H groups in total. The first-order valence-corrected chi connectivity index (χ1v) is 6.36. The molecule has 4 heteroatoms. The van der Waals surface area contributed by atoms with Gasteiger partial charge in [-0.3, -0.25) is 4.68 Å². The molecule has 1 aromatic rings. The minimum Gasteiger partial charge on any atom is -0.389 e. The van der Waals surface area contributed by atoms with Crippen LogP contribution in [0.25, 0.3) is 0 Å². The molecular formula is C13H22N2O2. The number of aliphatic hydroxyl groups is 1. The number of aromatic nitrogens is 2. The van der Waals surface area contributed by atoms with Crippen molar-refractivity contribution in [3.63, 3.8) is 0 Å². The summed E-state index contributed by atoms with van der Waals surface area (Å²) in [6.45, 7) is 8.66. The second-order valence-corrected chi connectivity index (χ2v) is 5.09. The van der Waals surface area contributed by atoms with Gasteiger partial charge >= 0.3 is 0 Å². The smallest absolute Gasteiger partial charge is 0.0797 e. The van der Waals surface area contributed by atoms with Crippen LogP contribution in [0.1, 0.15) is 49.7 Å². The molecule has 0 spiro atoms. The summed E-state index contributed by atoms with van der Waals surface area (Å²) >= 11 is 0. The van der Waals surface area contributed by atoms with Crippen LogP contribution in [0.5, 0.6) is 0 Å². The Balaban J connectivity index is 2.14. The maximum atomic E-state index is 9.72. The van der Waals surface area contributed by atoms with Gasteiger partial charge in [0.05, 0.1) is 30.6 Å². The van der Waals surface area contributed by atoms with E-state index in [0.29, 0.717) is 6.10 Å². The fourth-order valence-electron chi connectivity index (χ4n) is 2.71. The second-order valence-electron chi connectivity index (χ2n) is 5.09. The van der Waals surface area contributed by atoms with Crippen molar-refractivity contribution in [3.05, 3.63) is 17.0 Å². The number of hydrogen-bond donors (Lipinski definition) is 1. The summed E-state index contributed by atoms with van der Waals surface area (Å²) in [5.41, 5.74) is 2.93. The fraction of sp³-hybridized carbons (Fsp3) is 0.769. The summed E-state index contributed by atoms with van der Waals surface area (Å²) in [7, 11) is 0. The fourth-order valence-corrected chi connectivity index (χ4v) is 2.71. The van der Waals surface area contributed by atoms with Crippen molar-refractivity contribution in [1.29, 1.82) is 0 Å². The number of aliphatic hydroxyl groups excluding tert-OH is 1. The van der Waals surface area contributed by atoms with Crippen LogP contribution >= 0.6 is 0 Å². The van der Waals surface area contributed by atoms with Gasteiger partial charge in [0.25, 0.3) is 0 Å². The number of hydrogen-bond acceptors (Lipinski definition) is 3. The quantitative estimate of drug-likeness (QED) is 0.877. The molecule has 0 amide bonds.